The first-order valence-corrected chi connectivity index (χ1v) is 6.28. The lowest BCUT2D eigenvalue weighted by atomic mass is 10.1. The highest BCUT2D eigenvalue weighted by Gasteiger charge is 2.34. The largest absolute Gasteiger partial charge is 0.333 e. The molecule has 0 aliphatic heterocycles. The van der Waals surface area contributed by atoms with E-state index < -0.39 is 0 Å². The quantitative estimate of drug-likeness (QED) is 0.847. The summed E-state index contributed by atoms with van der Waals surface area (Å²) in [6.45, 7) is 6.97. The first-order valence-electron chi connectivity index (χ1n) is 6.28. The number of aromatic nitrogens is 3. The minimum Gasteiger partial charge on any atom is -0.333 e. The summed E-state index contributed by atoms with van der Waals surface area (Å²) in [4.78, 5) is 18.3. The Hall–Kier alpha value is -1.39. The van der Waals surface area contributed by atoms with Gasteiger partial charge in [-0.15, -0.1) is 5.10 Å². The van der Waals surface area contributed by atoms with Gasteiger partial charge < -0.3 is 4.90 Å². The van der Waals surface area contributed by atoms with Gasteiger partial charge in [-0.25, -0.2) is 4.98 Å². The van der Waals surface area contributed by atoms with Crippen molar-refractivity contribution in [2.24, 2.45) is 5.92 Å². The van der Waals surface area contributed by atoms with Crippen LogP contribution in [-0.4, -0.2) is 38.6 Å². The van der Waals surface area contributed by atoms with Crippen LogP contribution >= 0.6 is 0 Å². The molecule has 17 heavy (non-hydrogen) atoms. The van der Waals surface area contributed by atoms with E-state index in [2.05, 4.69) is 29.0 Å². The van der Waals surface area contributed by atoms with E-state index in [0.717, 1.165) is 25.8 Å². The van der Waals surface area contributed by atoms with Crippen LogP contribution in [0.15, 0.2) is 0 Å². The Kier molecular flexibility index (Phi) is 3.45. The van der Waals surface area contributed by atoms with Gasteiger partial charge in [-0.05, 0) is 32.1 Å². The molecule has 0 saturated heterocycles. The van der Waals surface area contributed by atoms with Gasteiger partial charge in [0, 0.05) is 12.6 Å². The predicted molar refractivity (Wildman–Crippen MR) is 64.6 cm³/mol. The van der Waals surface area contributed by atoms with Crippen molar-refractivity contribution in [1.29, 1.82) is 0 Å². The fraction of sp³-hybridized carbons (Fsp3) is 0.750. The van der Waals surface area contributed by atoms with E-state index in [-0.39, 0.29) is 5.91 Å². The number of H-pyrrole nitrogens is 1. The van der Waals surface area contributed by atoms with Crippen molar-refractivity contribution in [3.63, 3.8) is 0 Å². The molecule has 0 aromatic carbocycles. The second-order valence-electron chi connectivity index (χ2n) is 5.16. The molecule has 0 atom stereocenters. The average Bonchev–Trinajstić information content (AvgIpc) is 3.00. The third kappa shape index (κ3) is 3.05. The van der Waals surface area contributed by atoms with Crippen LogP contribution in [0.3, 0.4) is 0 Å². The second kappa shape index (κ2) is 4.85. The minimum absolute atomic E-state index is 0.0301. The maximum Gasteiger partial charge on any atom is 0.293 e. The zero-order valence-electron chi connectivity index (χ0n) is 10.7. The molecule has 1 aliphatic rings. The number of hydrogen-bond donors (Lipinski definition) is 1. The van der Waals surface area contributed by atoms with E-state index in [1.807, 2.05) is 4.90 Å². The molecular formula is C12H20N4O. The van der Waals surface area contributed by atoms with E-state index in [1.54, 1.807) is 6.92 Å². The zero-order valence-corrected chi connectivity index (χ0v) is 10.7. The van der Waals surface area contributed by atoms with Gasteiger partial charge in [-0.1, -0.05) is 13.8 Å². The van der Waals surface area contributed by atoms with Crippen molar-refractivity contribution in [3.8, 4) is 0 Å². The van der Waals surface area contributed by atoms with E-state index in [9.17, 15) is 4.79 Å². The lowest BCUT2D eigenvalue weighted by molar-refractivity contribution is 0.0723. The van der Waals surface area contributed by atoms with E-state index in [4.69, 9.17) is 0 Å². The smallest absolute Gasteiger partial charge is 0.293 e. The molecule has 1 aliphatic carbocycles. The Morgan fingerprint density at radius 2 is 2.24 bits per heavy atom. The molecule has 2 rings (SSSR count). The van der Waals surface area contributed by atoms with Gasteiger partial charge in [0.1, 0.15) is 5.82 Å². The number of aryl methyl sites for hydroxylation is 1. The van der Waals surface area contributed by atoms with E-state index in [0.29, 0.717) is 23.6 Å². The first kappa shape index (κ1) is 12.1. The highest BCUT2D eigenvalue weighted by molar-refractivity contribution is 5.90. The first-order chi connectivity index (χ1) is 8.08. The third-order valence-electron chi connectivity index (χ3n) is 2.98. The predicted octanol–water partition coefficient (Wildman–Crippen LogP) is 1.76. The maximum atomic E-state index is 12.2. The van der Waals surface area contributed by atoms with Crippen LogP contribution in [0.5, 0.6) is 0 Å². The average molecular weight is 236 g/mol. The van der Waals surface area contributed by atoms with Gasteiger partial charge in [0.2, 0.25) is 5.82 Å². The lowest BCUT2D eigenvalue weighted by Gasteiger charge is -2.21. The molecule has 1 amide bonds. The Labute approximate surface area is 102 Å². The van der Waals surface area contributed by atoms with Crippen molar-refractivity contribution in [2.75, 3.05) is 6.54 Å². The van der Waals surface area contributed by atoms with Crippen molar-refractivity contribution in [3.05, 3.63) is 11.6 Å². The van der Waals surface area contributed by atoms with Crippen LogP contribution in [0.1, 0.15) is 49.6 Å². The lowest BCUT2D eigenvalue weighted by Crippen LogP contribution is -2.35. The summed E-state index contributed by atoms with van der Waals surface area (Å²) >= 11 is 0. The molecule has 1 aromatic heterocycles. The molecule has 1 fully saturated rings. The molecule has 1 saturated carbocycles. The third-order valence-corrected chi connectivity index (χ3v) is 2.98. The highest BCUT2D eigenvalue weighted by Crippen LogP contribution is 2.28. The van der Waals surface area contributed by atoms with Gasteiger partial charge in [-0.2, -0.15) is 0 Å². The second-order valence-corrected chi connectivity index (χ2v) is 5.16. The SMILES string of the molecule is Cc1nc(C(=O)N(CCC(C)C)C2CC2)n[nH]1. The molecule has 94 valence electrons. The summed E-state index contributed by atoms with van der Waals surface area (Å²) in [6.07, 6.45) is 3.27. The van der Waals surface area contributed by atoms with E-state index >= 15 is 0 Å². The van der Waals surface area contributed by atoms with E-state index in [1.165, 1.54) is 0 Å². The summed E-state index contributed by atoms with van der Waals surface area (Å²) < 4.78 is 0. The monoisotopic (exact) mass is 236 g/mol. The number of aromatic amines is 1. The van der Waals surface area contributed by atoms with Crippen molar-refractivity contribution >= 4 is 5.91 Å². The summed E-state index contributed by atoms with van der Waals surface area (Å²) in [5.41, 5.74) is 0. The number of nitrogens with one attached hydrogen (secondary N) is 1. The van der Waals surface area contributed by atoms with Crippen LogP contribution < -0.4 is 0 Å². The van der Waals surface area contributed by atoms with Gasteiger partial charge in [0.15, 0.2) is 0 Å². The number of rotatable bonds is 5. The summed E-state index contributed by atoms with van der Waals surface area (Å²) in [7, 11) is 0. The number of carbonyl (C=O) groups is 1. The van der Waals surface area contributed by atoms with Crippen LogP contribution in [-0.2, 0) is 0 Å². The Morgan fingerprint density at radius 3 is 2.71 bits per heavy atom. The number of amides is 1. The summed E-state index contributed by atoms with van der Waals surface area (Å²) in [5.74, 6) is 1.57. The molecule has 0 radical (unpaired) electrons. The molecular weight excluding hydrogens is 216 g/mol. The molecule has 1 N–H and O–H groups in total. The number of carbonyl (C=O) groups excluding carboxylic acids is 1. The van der Waals surface area contributed by atoms with Crippen molar-refractivity contribution < 1.29 is 4.79 Å². The highest BCUT2D eigenvalue weighted by atomic mass is 16.2. The van der Waals surface area contributed by atoms with Crippen LogP contribution in [0.25, 0.3) is 0 Å². The fourth-order valence-electron chi connectivity index (χ4n) is 1.80. The minimum atomic E-state index is -0.0301. The van der Waals surface area contributed by atoms with Crippen molar-refractivity contribution in [1.82, 2.24) is 20.1 Å². The Morgan fingerprint density at radius 1 is 1.53 bits per heavy atom. The molecule has 5 nitrogen and oxygen atoms in total. The molecule has 5 heteroatoms. The fourth-order valence-corrected chi connectivity index (χ4v) is 1.80. The summed E-state index contributed by atoms with van der Waals surface area (Å²) in [5, 5.41) is 6.67. The topological polar surface area (TPSA) is 61.9 Å². The normalized spacial score (nSPS) is 15.3. The molecule has 1 heterocycles. The standard InChI is InChI=1S/C12H20N4O/c1-8(2)6-7-16(10-4-5-10)12(17)11-13-9(3)14-15-11/h8,10H,4-7H2,1-3H3,(H,13,14,15). The van der Waals surface area contributed by atoms with Crippen molar-refractivity contribution in [2.45, 2.75) is 46.1 Å². The number of hydrogen-bond acceptors (Lipinski definition) is 3. The van der Waals surface area contributed by atoms with Crippen LogP contribution in [0, 0.1) is 12.8 Å². The molecule has 0 bridgehead atoms. The Balaban J connectivity index is 2.02. The van der Waals surface area contributed by atoms with Crippen LogP contribution in [0.4, 0.5) is 0 Å². The van der Waals surface area contributed by atoms with Gasteiger partial charge in [0.25, 0.3) is 5.91 Å². The van der Waals surface area contributed by atoms with Crippen LogP contribution in [0.2, 0.25) is 0 Å². The summed E-state index contributed by atoms with van der Waals surface area (Å²) in [6, 6.07) is 0.417. The van der Waals surface area contributed by atoms with Gasteiger partial charge in [0.05, 0.1) is 0 Å². The molecule has 0 spiro atoms. The zero-order chi connectivity index (χ0) is 12.4. The maximum absolute atomic E-state index is 12.2. The Bertz CT molecular complexity index is 395. The molecule has 0 unspecified atom stereocenters. The van der Waals surface area contributed by atoms with Gasteiger partial charge >= 0.3 is 0 Å². The van der Waals surface area contributed by atoms with Gasteiger partial charge in [-0.3, -0.25) is 9.89 Å². The molecule has 1 aromatic rings. The number of nitrogens with zero attached hydrogens (tertiary/aromatic N) is 3.